The average Bonchev–Trinajstić information content (AvgIpc) is 3.03. The van der Waals surface area contributed by atoms with E-state index in [1.807, 2.05) is 12.3 Å². The second-order valence-corrected chi connectivity index (χ2v) is 7.41. The molecule has 27 heavy (non-hydrogen) atoms. The minimum Gasteiger partial charge on any atom is -0.330 e. The molecule has 1 unspecified atom stereocenters. The van der Waals surface area contributed by atoms with Gasteiger partial charge in [0.1, 0.15) is 5.82 Å². The molecule has 1 aliphatic rings. The fraction of sp³-hybridized carbons (Fsp3) is 0.455. The number of pyridine rings is 1. The normalized spacial score (nSPS) is 16.6. The summed E-state index contributed by atoms with van der Waals surface area (Å²) < 4.78 is 2.18. The lowest BCUT2D eigenvalue weighted by atomic mass is 9.92. The predicted octanol–water partition coefficient (Wildman–Crippen LogP) is 3.51. The number of para-hydroxylation sites is 2. The SMILES string of the molecule is Cn1c(CNCCCCNC2CCCc3cccnc32)nc2ccccc21. The number of fused-ring (bicyclic) bond motifs is 2. The highest BCUT2D eigenvalue weighted by molar-refractivity contribution is 5.75. The maximum atomic E-state index is 4.71. The molecular weight excluding hydrogens is 334 g/mol. The molecule has 4 rings (SSSR count). The maximum Gasteiger partial charge on any atom is 0.123 e. The van der Waals surface area contributed by atoms with Crippen molar-refractivity contribution < 1.29 is 0 Å². The van der Waals surface area contributed by atoms with Crippen LogP contribution in [0.5, 0.6) is 0 Å². The first-order valence-corrected chi connectivity index (χ1v) is 10.1. The van der Waals surface area contributed by atoms with Crippen molar-refractivity contribution in [2.45, 2.75) is 44.7 Å². The number of hydrogen-bond donors (Lipinski definition) is 2. The van der Waals surface area contributed by atoms with Gasteiger partial charge in [0.2, 0.25) is 0 Å². The number of benzene rings is 1. The molecule has 0 aliphatic heterocycles. The molecule has 0 saturated carbocycles. The third-order valence-electron chi connectivity index (χ3n) is 5.53. The predicted molar refractivity (Wildman–Crippen MR) is 110 cm³/mol. The van der Waals surface area contributed by atoms with Gasteiger partial charge in [-0.25, -0.2) is 4.98 Å². The second-order valence-electron chi connectivity index (χ2n) is 7.41. The molecule has 0 bridgehead atoms. The molecule has 1 aliphatic carbocycles. The molecule has 1 aromatic carbocycles. The van der Waals surface area contributed by atoms with Crippen LogP contribution in [-0.4, -0.2) is 27.6 Å². The van der Waals surface area contributed by atoms with Crippen molar-refractivity contribution in [3.8, 4) is 0 Å². The Labute approximate surface area is 161 Å². The fourth-order valence-electron chi connectivity index (χ4n) is 4.01. The number of imidazole rings is 1. The van der Waals surface area contributed by atoms with Crippen molar-refractivity contribution in [3.63, 3.8) is 0 Å². The third-order valence-corrected chi connectivity index (χ3v) is 5.53. The van der Waals surface area contributed by atoms with Crippen molar-refractivity contribution in [1.29, 1.82) is 0 Å². The smallest absolute Gasteiger partial charge is 0.123 e. The van der Waals surface area contributed by atoms with Gasteiger partial charge in [-0.15, -0.1) is 0 Å². The van der Waals surface area contributed by atoms with Crippen LogP contribution in [-0.2, 0) is 20.0 Å². The van der Waals surface area contributed by atoms with Gasteiger partial charge in [0.25, 0.3) is 0 Å². The fourth-order valence-corrected chi connectivity index (χ4v) is 4.01. The Bertz CT molecular complexity index is 885. The highest BCUT2D eigenvalue weighted by Gasteiger charge is 2.20. The Balaban J connectivity index is 1.17. The molecule has 5 heteroatoms. The van der Waals surface area contributed by atoms with E-state index >= 15 is 0 Å². The third kappa shape index (κ3) is 4.20. The van der Waals surface area contributed by atoms with Crippen molar-refractivity contribution in [1.82, 2.24) is 25.2 Å². The van der Waals surface area contributed by atoms with E-state index < -0.39 is 0 Å². The van der Waals surface area contributed by atoms with Crippen LogP contribution in [0.3, 0.4) is 0 Å². The maximum absolute atomic E-state index is 4.71. The zero-order chi connectivity index (χ0) is 18.5. The lowest BCUT2D eigenvalue weighted by molar-refractivity contribution is 0.439. The first kappa shape index (κ1) is 18.1. The Hall–Kier alpha value is -2.24. The molecule has 0 amide bonds. The summed E-state index contributed by atoms with van der Waals surface area (Å²) in [6.07, 6.45) is 7.90. The zero-order valence-electron chi connectivity index (χ0n) is 16.1. The number of nitrogens with one attached hydrogen (secondary N) is 2. The van der Waals surface area contributed by atoms with Gasteiger partial charge in [-0.05, 0) is 69.0 Å². The van der Waals surface area contributed by atoms with Crippen LogP contribution in [0.15, 0.2) is 42.6 Å². The van der Waals surface area contributed by atoms with Gasteiger partial charge in [0.05, 0.1) is 23.3 Å². The molecule has 5 nitrogen and oxygen atoms in total. The van der Waals surface area contributed by atoms with Crippen LogP contribution < -0.4 is 10.6 Å². The minimum atomic E-state index is 0.433. The van der Waals surface area contributed by atoms with E-state index in [-0.39, 0.29) is 0 Å². The number of aryl methyl sites for hydroxylation is 2. The summed E-state index contributed by atoms with van der Waals surface area (Å²) in [5.74, 6) is 1.10. The van der Waals surface area contributed by atoms with E-state index in [9.17, 15) is 0 Å². The Kier molecular flexibility index (Phi) is 5.80. The van der Waals surface area contributed by atoms with Gasteiger partial charge in [-0.3, -0.25) is 4.98 Å². The van der Waals surface area contributed by atoms with E-state index in [1.165, 1.54) is 48.9 Å². The average molecular weight is 364 g/mol. The van der Waals surface area contributed by atoms with Crippen LogP contribution in [0, 0.1) is 0 Å². The lowest BCUT2D eigenvalue weighted by Gasteiger charge is -2.25. The molecular formula is C22H29N5. The first-order chi connectivity index (χ1) is 13.3. The monoisotopic (exact) mass is 363 g/mol. The molecule has 0 saturated heterocycles. The molecule has 2 aromatic heterocycles. The molecule has 3 aromatic rings. The Morgan fingerprint density at radius 2 is 2.00 bits per heavy atom. The van der Waals surface area contributed by atoms with Crippen LogP contribution >= 0.6 is 0 Å². The summed E-state index contributed by atoms with van der Waals surface area (Å²) in [7, 11) is 2.09. The summed E-state index contributed by atoms with van der Waals surface area (Å²) in [4.78, 5) is 9.31. The summed E-state index contributed by atoms with van der Waals surface area (Å²) in [6.45, 7) is 2.89. The highest BCUT2D eigenvalue weighted by atomic mass is 15.1. The number of aromatic nitrogens is 3. The molecule has 0 radical (unpaired) electrons. The number of hydrogen-bond acceptors (Lipinski definition) is 4. The topological polar surface area (TPSA) is 54.8 Å². The highest BCUT2D eigenvalue weighted by Crippen LogP contribution is 2.27. The number of unbranched alkanes of at least 4 members (excludes halogenated alkanes) is 1. The van der Waals surface area contributed by atoms with E-state index in [1.54, 1.807) is 0 Å². The Morgan fingerprint density at radius 3 is 2.93 bits per heavy atom. The molecule has 0 fully saturated rings. The summed E-state index contributed by atoms with van der Waals surface area (Å²) >= 11 is 0. The summed E-state index contributed by atoms with van der Waals surface area (Å²) in [6, 6.07) is 13.0. The number of rotatable bonds is 8. The van der Waals surface area contributed by atoms with E-state index in [0.717, 1.165) is 31.0 Å². The molecule has 142 valence electrons. The zero-order valence-corrected chi connectivity index (χ0v) is 16.1. The van der Waals surface area contributed by atoms with Gasteiger partial charge < -0.3 is 15.2 Å². The van der Waals surface area contributed by atoms with Gasteiger partial charge >= 0.3 is 0 Å². The van der Waals surface area contributed by atoms with Gasteiger partial charge in [0.15, 0.2) is 0 Å². The lowest BCUT2D eigenvalue weighted by Crippen LogP contribution is -2.27. The van der Waals surface area contributed by atoms with Crippen LogP contribution in [0.1, 0.15) is 48.8 Å². The summed E-state index contributed by atoms with van der Waals surface area (Å²) in [5, 5.41) is 7.24. The van der Waals surface area contributed by atoms with E-state index in [4.69, 9.17) is 4.98 Å². The quantitative estimate of drug-likeness (QED) is 0.602. The largest absolute Gasteiger partial charge is 0.330 e. The molecule has 2 heterocycles. The molecule has 1 atom stereocenters. The molecule has 2 N–H and O–H groups in total. The van der Waals surface area contributed by atoms with Crippen molar-refractivity contribution in [2.24, 2.45) is 7.05 Å². The molecule has 0 spiro atoms. The van der Waals surface area contributed by atoms with Crippen molar-refractivity contribution >= 4 is 11.0 Å². The number of nitrogens with zero attached hydrogens (tertiary/aromatic N) is 3. The van der Waals surface area contributed by atoms with Gasteiger partial charge in [-0.1, -0.05) is 18.2 Å². The van der Waals surface area contributed by atoms with Gasteiger partial charge in [-0.2, -0.15) is 0 Å². The van der Waals surface area contributed by atoms with Crippen LogP contribution in [0.2, 0.25) is 0 Å². The van der Waals surface area contributed by atoms with Crippen molar-refractivity contribution in [2.75, 3.05) is 13.1 Å². The standard InChI is InChI=1S/C22H29N5/c1-27-20-12-3-2-10-18(20)26-21(27)16-23-13-4-5-14-24-19-11-6-8-17-9-7-15-25-22(17)19/h2-3,7,9-10,12,15,19,23-24H,4-6,8,11,13-14,16H2,1H3. The first-order valence-electron chi connectivity index (χ1n) is 10.1. The van der Waals surface area contributed by atoms with Crippen molar-refractivity contribution in [3.05, 3.63) is 59.7 Å². The second kappa shape index (κ2) is 8.63. The Morgan fingerprint density at radius 1 is 1.11 bits per heavy atom. The van der Waals surface area contributed by atoms with Gasteiger partial charge in [0, 0.05) is 19.3 Å². The summed E-state index contributed by atoms with van der Waals surface area (Å²) in [5.41, 5.74) is 4.95. The van der Waals surface area contributed by atoms with E-state index in [0.29, 0.717) is 6.04 Å². The van der Waals surface area contributed by atoms with Crippen LogP contribution in [0.25, 0.3) is 11.0 Å². The van der Waals surface area contributed by atoms with E-state index in [2.05, 4.69) is 57.6 Å². The van der Waals surface area contributed by atoms with Crippen LogP contribution in [0.4, 0.5) is 0 Å². The minimum absolute atomic E-state index is 0.433.